The second-order valence-corrected chi connectivity index (χ2v) is 6.45. The fourth-order valence-corrected chi connectivity index (χ4v) is 3.49. The first-order chi connectivity index (χ1) is 9.36. The number of likely N-dealkylation sites (tertiary alicyclic amines) is 1. The molecule has 1 aromatic rings. The summed E-state index contributed by atoms with van der Waals surface area (Å²) >= 11 is 3.42. The SMILES string of the molecule is BrCCOC1CCN(CC2Cc3ccccc32)CC1. The zero-order valence-electron chi connectivity index (χ0n) is 11.4. The van der Waals surface area contributed by atoms with Crippen LogP contribution in [0.3, 0.4) is 0 Å². The van der Waals surface area contributed by atoms with E-state index in [0.29, 0.717) is 6.10 Å². The van der Waals surface area contributed by atoms with Crippen molar-refractivity contribution in [2.75, 3.05) is 31.6 Å². The Morgan fingerprint density at radius 3 is 2.74 bits per heavy atom. The van der Waals surface area contributed by atoms with Crippen molar-refractivity contribution in [1.29, 1.82) is 0 Å². The molecule has 0 amide bonds. The van der Waals surface area contributed by atoms with Gasteiger partial charge in [-0.25, -0.2) is 0 Å². The monoisotopic (exact) mass is 323 g/mol. The Bertz CT molecular complexity index is 415. The average Bonchev–Trinajstić information content (AvgIpc) is 2.44. The van der Waals surface area contributed by atoms with Gasteiger partial charge in [-0.3, -0.25) is 0 Å². The summed E-state index contributed by atoms with van der Waals surface area (Å²) in [5.74, 6) is 0.774. The van der Waals surface area contributed by atoms with E-state index in [1.807, 2.05) is 0 Å². The quantitative estimate of drug-likeness (QED) is 0.771. The van der Waals surface area contributed by atoms with Crippen LogP contribution >= 0.6 is 15.9 Å². The Labute approximate surface area is 124 Å². The van der Waals surface area contributed by atoms with Gasteiger partial charge in [-0.15, -0.1) is 0 Å². The van der Waals surface area contributed by atoms with Gasteiger partial charge in [0.25, 0.3) is 0 Å². The van der Waals surface area contributed by atoms with Crippen molar-refractivity contribution in [3.8, 4) is 0 Å². The molecular formula is C16H22BrNO. The summed E-state index contributed by atoms with van der Waals surface area (Å²) in [5.41, 5.74) is 3.14. The highest BCUT2D eigenvalue weighted by molar-refractivity contribution is 9.09. The molecule has 1 heterocycles. The number of hydrogen-bond acceptors (Lipinski definition) is 2. The summed E-state index contributed by atoms with van der Waals surface area (Å²) in [6.07, 6.45) is 4.15. The molecule has 2 nitrogen and oxygen atoms in total. The molecule has 0 N–H and O–H groups in total. The summed E-state index contributed by atoms with van der Waals surface area (Å²) in [6.45, 7) is 4.49. The van der Waals surface area contributed by atoms with Crippen molar-refractivity contribution in [2.24, 2.45) is 0 Å². The highest BCUT2D eigenvalue weighted by atomic mass is 79.9. The van der Waals surface area contributed by atoms with E-state index in [4.69, 9.17) is 4.74 Å². The normalized spacial score (nSPS) is 23.9. The molecule has 1 aromatic carbocycles. The Kier molecular flexibility index (Phi) is 4.57. The summed E-state index contributed by atoms with van der Waals surface area (Å²) in [4.78, 5) is 2.62. The van der Waals surface area contributed by atoms with E-state index in [2.05, 4.69) is 45.1 Å². The van der Waals surface area contributed by atoms with Crippen LogP contribution in [0.5, 0.6) is 0 Å². The van der Waals surface area contributed by atoms with Crippen LogP contribution < -0.4 is 0 Å². The largest absolute Gasteiger partial charge is 0.377 e. The highest BCUT2D eigenvalue weighted by Crippen LogP contribution is 2.35. The summed E-state index contributed by atoms with van der Waals surface area (Å²) in [7, 11) is 0. The van der Waals surface area contributed by atoms with Crippen LogP contribution in [0, 0.1) is 0 Å². The smallest absolute Gasteiger partial charge is 0.0599 e. The van der Waals surface area contributed by atoms with E-state index >= 15 is 0 Å². The maximum absolute atomic E-state index is 5.81. The molecule has 1 unspecified atom stereocenters. The van der Waals surface area contributed by atoms with Crippen LogP contribution in [0.4, 0.5) is 0 Å². The third-order valence-corrected chi connectivity index (χ3v) is 4.73. The molecule has 1 atom stereocenters. The molecule has 0 spiro atoms. The first-order valence-corrected chi connectivity index (χ1v) is 8.46. The Morgan fingerprint density at radius 2 is 2.00 bits per heavy atom. The van der Waals surface area contributed by atoms with Crippen LogP contribution in [-0.2, 0) is 11.2 Å². The Balaban J connectivity index is 1.44. The van der Waals surface area contributed by atoms with Gasteiger partial charge in [0.05, 0.1) is 12.7 Å². The maximum atomic E-state index is 5.81. The minimum atomic E-state index is 0.488. The van der Waals surface area contributed by atoms with Crippen LogP contribution in [0.25, 0.3) is 0 Å². The van der Waals surface area contributed by atoms with E-state index in [1.54, 1.807) is 11.1 Å². The van der Waals surface area contributed by atoms with E-state index in [0.717, 1.165) is 17.9 Å². The van der Waals surface area contributed by atoms with E-state index in [9.17, 15) is 0 Å². The van der Waals surface area contributed by atoms with Crippen LogP contribution in [-0.4, -0.2) is 42.6 Å². The number of fused-ring (bicyclic) bond motifs is 1. The Morgan fingerprint density at radius 1 is 1.21 bits per heavy atom. The lowest BCUT2D eigenvalue weighted by molar-refractivity contribution is 0.0142. The lowest BCUT2D eigenvalue weighted by Gasteiger charge is -2.38. The lowest BCUT2D eigenvalue weighted by Crippen LogP contribution is -2.41. The minimum Gasteiger partial charge on any atom is -0.377 e. The fourth-order valence-electron chi connectivity index (χ4n) is 3.31. The molecule has 1 saturated heterocycles. The number of alkyl halides is 1. The molecule has 3 heteroatoms. The maximum Gasteiger partial charge on any atom is 0.0599 e. The van der Waals surface area contributed by atoms with Crippen molar-refractivity contribution in [3.63, 3.8) is 0 Å². The number of nitrogens with zero attached hydrogens (tertiary/aromatic N) is 1. The summed E-state index contributed by atoms with van der Waals surface area (Å²) in [5, 5.41) is 0.950. The third-order valence-electron chi connectivity index (χ3n) is 4.41. The molecule has 2 aliphatic rings. The van der Waals surface area contributed by atoms with Gasteiger partial charge in [0, 0.05) is 30.9 Å². The zero-order chi connectivity index (χ0) is 13.1. The van der Waals surface area contributed by atoms with Crippen molar-refractivity contribution >= 4 is 15.9 Å². The number of ether oxygens (including phenoxy) is 1. The molecule has 0 bridgehead atoms. The molecule has 1 aliphatic heterocycles. The van der Waals surface area contributed by atoms with Gasteiger partial charge < -0.3 is 9.64 Å². The van der Waals surface area contributed by atoms with Gasteiger partial charge in [-0.1, -0.05) is 40.2 Å². The standard InChI is InChI=1S/C16H22BrNO/c17-7-10-19-15-5-8-18(9-6-15)12-14-11-13-3-1-2-4-16(13)14/h1-4,14-15H,5-12H2. The first-order valence-electron chi connectivity index (χ1n) is 7.34. The minimum absolute atomic E-state index is 0.488. The number of halogens is 1. The summed E-state index contributed by atoms with van der Waals surface area (Å²) < 4.78 is 5.81. The molecular weight excluding hydrogens is 302 g/mol. The molecule has 0 radical (unpaired) electrons. The Hall–Kier alpha value is -0.380. The van der Waals surface area contributed by atoms with Gasteiger partial charge in [0.15, 0.2) is 0 Å². The predicted octanol–water partition coefficient (Wildman–Crippen LogP) is 3.20. The number of piperidine rings is 1. The van der Waals surface area contributed by atoms with Crippen molar-refractivity contribution < 1.29 is 4.74 Å². The van der Waals surface area contributed by atoms with Crippen molar-refractivity contribution in [1.82, 2.24) is 4.90 Å². The fraction of sp³-hybridized carbons (Fsp3) is 0.625. The molecule has 104 valence electrons. The van der Waals surface area contributed by atoms with E-state index in [-0.39, 0.29) is 0 Å². The van der Waals surface area contributed by atoms with Gasteiger partial charge in [-0.05, 0) is 30.4 Å². The molecule has 1 fully saturated rings. The average molecular weight is 324 g/mol. The number of hydrogen-bond donors (Lipinski definition) is 0. The molecule has 0 saturated carbocycles. The summed E-state index contributed by atoms with van der Waals surface area (Å²) in [6, 6.07) is 8.90. The van der Waals surface area contributed by atoms with Crippen molar-refractivity contribution in [3.05, 3.63) is 35.4 Å². The molecule has 1 aliphatic carbocycles. The second-order valence-electron chi connectivity index (χ2n) is 5.66. The number of rotatable bonds is 5. The van der Waals surface area contributed by atoms with Gasteiger partial charge >= 0.3 is 0 Å². The lowest BCUT2D eigenvalue weighted by atomic mass is 9.77. The zero-order valence-corrected chi connectivity index (χ0v) is 12.9. The van der Waals surface area contributed by atoms with Crippen molar-refractivity contribution in [2.45, 2.75) is 31.3 Å². The van der Waals surface area contributed by atoms with E-state index < -0.39 is 0 Å². The van der Waals surface area contributed by atoms with Crippen LogP contribution in [0.15, 0.2) is 24.3 Å². The third kappa shape index (κ3) is 3.21. The van der Waals surface area contributed by atoms with Gasteiger partial charge in [-0.2, -0.15) is 0 Å². The molecule has 0 aromatic heterocycles. The predicted molar refractivity (Wildman–Crippen MR) is 82.1 cm³/mol. The topological polar surface area (TPSA) is 12.5 Å². The highest BCUT2D eigenvalue weighted by Gasteiger charge is 2.29. The van der Waals surface area contributed by atoms with Crippen LogP contribution in [0.2, 0.25) is 0 Å². The van der Waals surface area contributed by atoms with Gasteiger partial charge in [0.2, 0.25) is 0 Å². The van der Waals surface area contributed by atoms with Crippen LogP contribution in [0.1, 0.15) is 29.9 Å². The molecule has 19 heavy (non-hydrogen) atoms. The number of benzene rings is 1. The first kappa shape index (κ1) is 13.6. The van der Waals surface area contributed by atoms with Gasteiger partial charge in [0.1, 0.15) is 0 Å². The molecule has 3 rings (SSSR count). The second kappa shape index (κ2) is 6.38. The van der Waals surface area contributed by atoms with E-state index in [1.165, 1.54) is 38.9 Å².